The maximum Gasteiger partial charge on any atom is 0.0702 e. The van der Waals surface area contributed by atoms with E-state index >= 15 is 0 Å². The number of rotatable bonds is 5. The van der Waals surface area contributed by atoms with Gasteiger partial charge in [-0.3, -0.25) is 0 Å². The van der Waals surface area contributed by atoms with Crippen molar-refractivity contribution in [1.29, 1.82) is 0 Å². The molecule has 0 fully saturated rings. The summed E-state index contributed by atoms with van der Waals surface area (Å²) in [7, 11) is 0. The highest BCUT2D eigenvalue weighted by molar-refractivity contribution is 9.11. The van der Waals surface area contributed by atoms with E-state index in [1.807, 2.05) is 0 Å². The summed E-state index contributed by atoms with van der Waals surface area (Å²) >= 11 is 5.27. The second-order valence-corrected chi connectivity index (χ2v) is 6.23. The van der Waals surface area contributed by atoms with E-state index in [4.69, 9.17) is 0 Å². The maximum atomic E-state index is 3.48. The van der Waals surface area contributed by atoms with Crippen LogP contribution in [0.2, 0.25) is 0 Å². The predicted octanol–water partition coefficient (Wildman–Crippen LogP) is 3.47. The summed E-state index contributed by atoms with van der Waals surface area (Å²) in [6.07, 6.45) is 4.34. The van der Waals surface area contributed by atoms with Crippen LogP contribution in [0.25, 0.3) is 0 Å². The Morgan fingerprint density at radius 1 is 1.38 bits per heavy atom. The molecule has 0 amide bonds. The molecule has 2 aromatic heterocycles. The molecule has 0 aliphatic carbocycles. The third kappa shape index (κ3) is 3.20. The number of hydrogen-bond acceptors (Lipinski definition) is 2. The number of halogens is 1. The highest BCUT2D eigenvalue weighted by Crippen LogP contribution is 2.22. The lowest BCUT2D eigenvalue weighted by molar-refractivity contribution is 0.722. The minimum Gasteiger partial charge on any atom is -0.349 e. The molecule has 0 aromatic carbocycles. The average Bonchev–Trinajstić information content (AvgIpc) is 2.86. The quantitative estimate of drug-likeness (QED) is 0.894. The highest BCUT2D eigenvalue weighted by atomic mass is 79.9. The van der Waals surface area contributed by atoms with Gasteiger partial charge in [0.1, 0.15) is 0 Å². The van der Waals surface area contributed by atoms with Crippen molar-refractivity contribution in [2.24, 2.45) is 0 Å². The lowest BCUT2D eigenvalue weighted by atomic mass is 10.3. The smallest absolute Gasteiger partial charge is 0.0702 e. The van der Waals surface area contributed by atoms with Gasteiger partial charge in [-0.25, -0.2) is 0 Å². The molecule has 1 N–H and O–H groups in total. The molecule has 2 nitrogen and oxygen atoms in total. The van der Waals surface area contributed by atoms with Crippen molar-refractivity contribution in [3.05, 3.63) is 44.8 Å². The zero-order chi connectivity index (χ0) is 11.4. The van der Waals surface area contributed by atoms with Crippen LogP contribution in [0.3, 0.4) is 0 Å². The van der Waals surface area contributed by atoms with E-state index in [9.17, 15) is 0 Å². The molecule has 2 rings (SSSR count). The molecule has 0 saturated heterocycles. The zero-order valence-corrected chi connectivity index (χ0v) is 11.6. The number of thiophene rings is 1. The van der Waals surface area contributed by atoms with Gasteiger partial charge in [0.2, 0.25) is 0 Å². The lowest BCUT2D eigenvalue weighted by Crippen LogP contribution is -2.11. The Morgan fingerprint density at radius 3 is 2.94 bits per heavy atom. The summed E-state index contributed by atoms with van der Waals surface area (Å²) in [5.41, 5.74) is 1.34. The first-order valence-electron chi connectivity index (χ1n) is 5.37. The van der Waals surface area contributed by atoms with Crippen molar-refractivity contribution in [2.75, 3.05) is 6.54 Å². The van der Waals surface area contributed by atoms with Crippen molar-refractivity contribution in [2.45, 2.75) is 20.0 Å². The van der Waals surface area contributed by atoms with Gasteiger partial charge in [-0.1, -0.05) is 6.92 Å². The zero-order valence-electron chi connectivity index (χ0n) is 9.24. The molecule has 0 unspecified atom stereocenters. The van der Waals surface area contributed by atoms with Crippen LogP contribution in [-0.4, -0.2) is 11.1 Å². The molecular formula is C12H15BrN2S. The molecule has 86 valence electrons. The molecule has 0 atom stereocenters. The molecule has 0 bridgehead atoms. The van der Waals surface area contributed by atoms with Gasteiger partial charge in [-0.05, 0) is 46.2 Å². The van der Waals surface area contributed by atoms with E-state index in [2.05, 4.69) is 63.3 Å². The number of nitrogens with zero attached hydrogens (tertiary/aromatic N) is 1. The average molecular weight is 299 g/mol. The van der Waals surface area contributed by atoms with Gasteiger partial charge in [0.25, 0.3) is 0 Å². The van der Waals surface area contributed by atoms with Crippen LogP contribution in [-0.2, 0) is 13.1 Å². The molecule has 2 heterocycles. The third-order valence-electron chi connectivity index (χ3n) is 2.36. The Hall–Kier alpha value is -0.580. The number of hydrogen-bond donors (Lipinski definition) is 1. The van der Waals surface area contributed by atoms with Gasteiger partial charge in [0.05, 0.1) is 10.3 Å². The molecule has 0 spiro atoms. The van der Waals surface area contributed by atoms with Crippen LogP contribution in [0, 0.1) is 0 Å². The first kappa shape index (κ1) is 11.9. The van der Waals surface area contributed by atoms with Crippen LogP contribution in [0.4, 0.5) is 0 Å². The fourth-order valence-corrected chi connectivity index (χ4v) is 3.07. The first-order chi connectivity index (χ1) is 7.78. The summed E-state index contributed by atoms with van der Waals surface area (Å²) in [6.45, 7) is 5.06. The summed E-state index contributed by atoms with van der Waals surface area (Å²) in [5.74, 6) is 0. The van der Waals surface area contributed by atoms with Crippen LogP contribution in [0.5, 0.6) is 0 Å². The Morgan fingerprint density at radius 2 is 2.25 bits per heavy atom. The summed E-state index contributed by atoms with van der Waals surface area (Å²) < 4.78 is 3.42. The van der Waals surface area contributed by atoms with E-state index in [1.54, 1.807) is 11.3 Å². The topological polar surface area (TPSA) is 17.0 Å². The number of nitrogens with one attached hydrogen (secondary N) is 1. The lowest BCUT2D eigenvalue weighted by Gasteiger charge is -2.00. The van der Waals surface area contributed by atoms with E-state index in [0.29, 0.717) is 0 Å². The minimum atomic E-state index is 0.956. The van der Waals surface area contributed by atoms with Crippen LogP contribution < -0.4 is 5.32 Å². The normalized spacial score (nSPS) is 10.9. The Balaban J connectivity index is 1.97. The van der Waals surface area contributed by atoms with Crippen molar-refractivity contribution >= 4 is 27.3 Å². The van der Waals surface area contributed by atoms with E-state index < -0.39 is 0 Å². The fraction of sp³-hybridized carbons (Fsp3) is 0.333. The van der Waals surface area contributed by atoms with Gasteiger partial charge < -0.3 is 9.88 Å². The predicted molar refractivity (Wildman–Crippen MR) is 72.9 cm³/mol. The molecular weight excluding hydrogens is 284 g/mol. The molecule has 0 radical (unpaired) electrons. The third-order valence-corrected chi connectivity index (χ3v) is 3.97. The monoisotopic (exact) mass is 298 g/mol. The molecule has 16 heavy (non-hydrogen) atoms. The van der Waals surface area contributed by atoms with E-state index in [-0.39, 0.29) is 0 Å². The van der Waals surface area contributed by atoms with Gasteiger partial charge in [-0.2, -0.15) is 0 Å². The second-order valence-electron chi connectivity index (χ2n) is 3.68. The van der Waals surface area contributed by atoms with Crippen molar-refractivity contribution in [1.82, 2.24) is 9.88 Å². The Labute approximate surface area is 108 Å². The molecule has 0 aliphatic rings. The molecule has 0 saturated carbocycles. The van der Waals surface area contributed by atoms with Crippen LogP contribution >= 0.6 is 27.3 Å². The van der Waals surface area contributed by atoms with Gasteiger partial charge in [0.15, 0.2) is 0 Å². The van der Waals surface area contributed by atoms with Gasteiger partial charge in [0, 0.05) is 23.8 Å². The summed E-state index contributed by atoms with van der Waals surface area (Å²) in [4.78, 5) is 1.37. The van der Waals surface area contributed by atoms with Crippen LogP contribution in [0.15, 0.2) is 34.4 Å². The molecule has 2 aromatic rings. The first-order valence-corrected chi connectivity index (χ1v) is 6.98. The van der Waals surface area contributed by atoms with E-state index in [0.717, 1.165) is 19.6 Å². The maximum absolute atomic E-state index is 3.48. The second kappa shape index (κ2) is 5.66. The Bertz CT molecular complexity index is 447. The standard InChI is InChI=1S/C12H15BrN2S/c1-2-14-7-10-5-6-15(8-10)9-11-3-4-12(13)16-11/h3-6,8,14H,2,7,9H2,1H3. The van der Waals surface area contributed by atoms with Gasteiger partial charge in [-0.15, -0.1) is 11.3 Å². The highest BCUT2D eigenvalue weighted by Gasteiger charge is 2.00. The van der Waals surface area contributed by atoms with Gasteiger partial charge >= 0.3 is 0 Å². The van der Waals surface area contributed by atoms with Crippen LogP contribution in [0.1, 0.15) is 17.4 Å². The fourth-order valence-electron chi connectivity index (χ4n) is 1.58. The Kier molecular flexibility index (Phi) is 4.21. The molecule has 0 aliphatic heterocycles. The van der Waals surface area contributed by atoms with Crippen molar-refractivity contribution in [3.63, 3.8) is 0 Å². The number of aromatic nitrogens is 1. The SMILES string of the molecule is CCNCc1ccn(Cc2ccc(Br)s2)c1. The summed E-state index contributed by atoms with van der Waals surface area (Å²) in [5, 5.41) is 3.33. The van der Waals surface area contributed by atoms with Crippen molar-refractivity contribution < 1.29 is 0 Å². The van der Waals surface area contributed by atoms with Crippen molar-refractivity contribution in [3.8, 4) is 0 Å². The molecule has 4 heteroatoms. The largest absolute Gasteiger partial charge is 0.349 e. The minimum absolute atomic E-state index is 0.956. The summed E-state index contributed by atoms with van der Waals surface area (Å²) in [6, 6.07) is 6.44. The van der Waals surface area contributed by atoms with E-state index in [1.165, 1.54) is 14.2 Å².